The summed E-state index contributed by atoms with van der Waals surface area (Å²) in [7, 11) is 1.45. The zero-order chi connectivity index (χ0) is 9.19. The van der Waals surface area contributed by atoms with Crippen LogP contribution in [0.25, 0.3) is 0 Å². The van der Waals surface area contributed by atoms with Crippen LogP contribution in [0.5, 0.6) is 0 Å². The number of rotatable bonds is 4. The highest BCUT2D eigenvalue weighted by Crippen LogP contribution is 2.42. The van der Waals surface area contributed by atoms with Crippen molar-refractivity contribution in [3.8, 4) is 0 Å². The Labute approximate surface area is 71.7 Å². The summed E-state index contributed by atoms with van der Waals surface area (Å²) < 4.78 is 4.97. The Hall–Kier alpha value is -0.610. The summed E-state index contributed by atoms with van der Waals surface area (Å²) in [5.74, 6) is -0.413. The summed E-state index contributed by atoms with van der Waals surface area (Å²) in [6, 6.07) is 0. The third-order valence-electron chi connectivity index (χ3n) is 2.59. The van der Waals surface area contributed by atoms with Gasteiger partial charge in [-0.1, -0.05) is 0 Å². The first-order chi connectivity index (χ1) is 5.64. The maximum absolute atomic E-state index is 10.7. The number of carbonyl (C=O) groups is 1. The maximum Gasteiger partial charge on any atom is 0.335 e. The summed E-state index contributed by atoms with van der Waals surface area (Å²) in [5, 5.41) is 8.81. The molecule has 12 heavy (non-hydrogen) atoms. The molecule has 0 aliphatic heterocycles. The molecule has 0 saturated heterocycles. The summed E-state index contributed by atoms with van der Waals surface area (Å²) in [6.45, 7) is 0.629. The number of hydrogen-bond donors (Lipinski definition) is 2. The summed E-state index contributed by atoms with van der Waals surface area (Å²) in [5.41, 5.74) is 4.45. The lowest BCUT2D eigenvalue weighted by Crippen LogP contribution is -2.52. The highest BCUT2D eigenvalue weighted by molar-refractivity contribution is 5.78. The van der Waals surface area contributed by atoms with E-state index in [-0.39, 0.29) is 0 Å². The number of carboxylic acids is 1. The number of nitrogens with two attached hydrogens (primary N) is 1. The molecule has 0 atom stereocenters. The molecule has 0 aromatic carbocycles. The Balaban J connectivity index is 2.41. The van der Waals surface area contributed by atoms with E-state index in [9.17, 15) is 4.79 Å². The lowest BCUT2D eigenvalue weighted by Gasteiger charge is -2.43. The second kappa shape index (κ2) is 3.41. The van der Waals surface area contributed by atoms with Crippen LogP contribution < -0.4 is 5.73 Å². The van der Waals surface area contributed by atoms with E-state index in [0.29, 0.717) is 25.3 Å². The summed E-state index contributed by atoms with van der Waals surface area (Å²) >= 11 is 0. The average Bonchev–Trinajstić information content (AvgIpc) is 1.95. The van der Waals surface area contributed by atoms with Gasteiger partial charge in [-0.05, 0) is 31.7 Å². The van der Waals surface area contributed by atoms with Crippen molar-refractivity contribution in [1.82, 2.24) is 0 Å². The number of carboxylic acid groups (broad SMARTS) is 1. The molecule has 4 heteroatoms. The monoisotopic (exact) mass is 173 g/mol. The summed E-state index contributed by atoms with van der Waals surface area (Å²) in [6.07, 6.45) is 2.12. The number of ether oxygens (including phenoxy) is 1. The Bertz CT molecular complexity index is 175. The predicted octanol–water partition coefficient (Wildman–Crippen LogP) is 0.215. The van der Waals surface area contributed by atoms with Gasteiger partial charge in [-0.3, -0.25) is 0 Å². The van der Waals surface area contributed by atoms with E-state index in [4.69, 9.17) is 15.6 Å². The third-order valence-corrected chi connectivity index (χ3v) is 2.59. The van der Waals surface area contributed by atoms with Crippen LogP contribution in [0.3, 0.4) is 0 Å². The minimum Gasteiger partial charge on any atom is -0.479 e. The fourth-order valence-corrected chi connectivity index (χ4v) is 1.74. The molecule has 0 heterocycles. The molecule has 0 radical (unpaired) electrons. The highest BCUT2D eigenvalue weighted by atomic mass is 16.5. The second-order valence-electron chi connectivity index (χ2n) is 3.36. The van der Waals surface area contributed by atoms with Gasteiger partial charge in [0.15, 0.2) is 5.60 Å². The Morgan fingerprint density at radius 3 is 2.67 bits per heavy atom. The van der Waals surface area contributed by atoms with Crippen molar-refractivity contribution in [2.45, 2.75) is 24.9 Å². The molecule has 3 N–H and O–H groups in total. The Kier molecular flexibility index (Phi) is 2.69. The molecule has 1 rings (SSSR count). The SMILES string of the molecule is COC1(C(=O)O)CC(CCN)C1. The van der Waals surface area contributed by atoms with Gasteiger partial charge in [0.25, 0.3) is 0 Å². The van der Waals surface area contributed by atoms with Crippen molar-refractivity contribution in [3.63, 3.8) is 0 Å². The van der Waals surface area contributed by atoms with Crippen LogP contribution in [-0.2, 0) is 9.53 Å². The number of methoxy groups -OCH3 is 1. The van der Waals surface area contributed by atoms with E-state index in [1.807, 2.05) is 0 Å². The van der Waals surface area contributed by atoms with Gasteiger partial charge in [0.2, 0.25) is 0 Å². The zero-order valence-corrected chi connectivity index (χ0v) is 7.25. The lowest BCUT2D eigenvalue weighted by atomic mass is 9.69. The molecule has 0 aromatic rings. The van der Waals surface area contributed by atoms with Crippen molar-refractivity contribution in [2.24, 2.45) is 11.7 Å². The summed E-state index contributed by atoms with van der Waals surface area (Å²) in [4.78, 5) is 10.7. The van der Waals surface area contributed by atoms with Gasteiger partial charge < -0.3 is 15.6 Å². The zero-order valence-electron chi connectivity index (χ0n) is 7.25. The lowest BCUT2D eigenvalue weighted by molar-refractivity contribution is -0.181. The highest BCUT2D eigenvalue weighted by Gasteiger charge is 2.50. The van der Waals surface area contributed by atoms with E-state index in [2.05, 4.69) is 0 Å². The smallest absolute Gasteiger partial charge is 0.335 e. The molecule has 4 nitrogen and oxygen atoms in total. The third kappa shape index (κ3) is 1.44. The van der Waals surface area contributed by atoms with Crippen molar-refractivity contribution < 1.29 is 14.6 Å². The van der Waals surface area contributed by atoms with Gasteiger partial charge in [-0.15, -0.1) is 0 Å². The first kappa shape index (κ1) is 9.48. The Morgan fingerprint density at radius 1 is 1.75 bits per heavy atom. The molecular weight excluding hydrogens is 158 g/mol. The van der Waals surface area contributed by atoms with Crippen LogP contribution in [0.15, 0.2) is 0 Å². The van der Waals surface area contributed by atoms with E-state index in [0.717, 1.165) is 6.42 Å². The van der Waals surface area contributed by atoms with E-state index >= 15 is 0 Å². The Morgan fingerprint density at radius 2 is 2.33 bits per heavy atom. The normalized spacial score (nSPS) is 34.3. The minimum absolute atomic E-state index is 0.436. The topological polar surface area (TPSA) is 72.5 Å². The fraction of sp³-hybridized carbons (Fsp3) is 0.875. The van der Waals surface area contributed by atoms with Crippen LogP contribution in [-0.4, -0.2) is 30.3 Å². The van der Waals surface area contributed by atoms with Crippen molar-refractivity contribution >= 4 is 5.97 Å². The molecule has 0 bridgehead atoms. The second-order valence-corrected chi connectivity index (χ2v) is 3.36. The molecule has 70 valence electrons. The largest absolute Gasteiger partial charge is 0.479 e. The van der Waals surface area contributed by atoms with Gasteiger partial charge in [0.05, 0.1) is 0 Å². The fourth-order valence-electron chi connectivity index (χ4n) is 1.74. The molecule has 0 spiro atoms. The predicted molar refractivity (Wildman–Crippen MR) is 43.8 cm³/mol. The van der Waals surface area contributed by atoms with E-state index < -0.39 is 11.6 Å². The number of aliphatic carboxylic acids is 1. The van der Waals surface area contributed by atoms with Gasteiger partial charge in [-0.2, -0.15) is 0 Å². The average molecular weight is 173 g/mol. The van der Waals surface area contributed by atoms with Gasteiger partial charge in [0, 0.05) is 7.11 Å². The molecule has 0 unspecified atom stereocenters. The van der Waals surface area contributed by atoms with Crippen LogP contribution in [0.4, 0.5) is 0 Å². The molecule has 1 saturated carbocycles. The van der Waals surface area contributed by atoms with E-state index in [1.54, 1.807) is 0 Å². The first-order valence-electron chi connectivity index (χ1n) is 4.13. The molecule has 0 amide bonds. The molecule has 1 fully saturated rings. The van der Waals surface area contributed by atoms with Gasteiger partial charge >= 0.3 is 5.97 Å². The van der Waals surface area contributed by atoms with Crippen LogP contribution in [0, 0.1) is 5.92 Å². The number of hydrogen-bond acceptors (Lipinski definition) is 3. The minimum atomic E-state index is -0.903. The first-order valence-corrected chi connectivity index (χ1v) is 4.13. The van der Waals surface area contributed by atoms with E-state index in [1.165, 1.54) is 7.11 Å². The van der Waals surface area contributed by atoms with Gasteiger partial charge in [-0.25, -0.2) is 4.79 Å². The van der Waals surface area contributed by atoms with Crippen LogP contribution in [0.2, 0.25) is 0 Å². The maximum atomic E-state index is 10.7. The molecule has 1 aliphatic rings. The standard InChI is InChI=1S/C8H15NO3/c1-12-8(7(10)11)4-6(5-8)2-3-9/h6H,2-5,9H2,1H3,(H,10,11). The molecule has 0 aromatic heterocycles. The van der Waals surface area contributed by atoms with Crippen molar-refractivity contribution in [2.75, 3.05) is 13.7 Å². The quantitative estimate of drug-likeness (QED) is 0.637. The molecular formula is C8H15NO3. The van der Waals surface area contributed by atoms with Crippen LogP contribution in [0.1, 0.15) is 19.3 Å². The van der Waals surface area contributed by atoms with Crippen LogP contribution >= 0.6 is 0 Å². The molecule has 1 aliphatic carbocycles. The van der Waals surface area contributed by atoms with Gasteiger partial charge in [0.1, 0.15) is 0 Å². The van der Waals surface area contributed by atoms with Crippen molar-refractivity contribution in [1.29, 1.82) is 0 Å². The van der Waals surface area contributed by atoms with Crippen molar-refractivity contribution in [3.05, 3.63) is 0 Å².